The summed E-state index contributed by atoms with van der Waals surface area (Å²) in [7, 11) is 0. The van der Waals surface area contributed by atoms with Gasteiger partial charge in [-0.05, 0) is 85.3 Å². The molecule has 4 aliphatic heterocycles. The van der Waals surface area contributed by atoms with E-state index in [1.54, 1.807) is 22.1 Å². The SMILES string of the molecule is O=C1CCC(N2Cc3cc(C4CCN(Cc5ccc6c(c5)C(=O)N(c5ccccn5)CO6)CC4)ccc3C2=O)C(=O)N1. The Balaban J connectivity index is 0.982. The molecule has 3 aromatic rings. The average molecular weight is 566 g/mol. The van der Waals surface area contributed by atoms with E-state index < -0.39 is 6.04 Å². The third-order valence-electron chi connectivity index (χ3n) is 8.81. The first-order chi connectivity index (χ1) is 20.4. The molecule has 1 N–H and O–H groups in total. The zero-order chi connectivity index (χ0) is 28.8. The van der Waals surface area contributed by atoms with Crippen molar-refractivity contribution in [2.75, 3.05) is 24.7 Å². The highest BCUT2D eigenvalue weighted by atomic mass is 16.5. The summed E-state index contributed by atoms with van der Waals surface area (Å²) in [5.41, 5.74) is 4.44. The molecular weight excluding hydrogens is 534 g/mol. The smallest absolute Gasteiger partial charge is 0.265 e. The number of benzene rings is 2. The number of piperidine rings is 2. The summed E-state index contributed by atoms with van der Waals surface area (Å²) in [4.78, 5) is 60.1. The number of nitrogens with zero attached hydrogens (tertiary/aromatic N) is 4. The quantitative estimate of drug-likeness (QED) is 0.473. The van der Waals surface area contributed by atoms with Crippen molar-refractivity contribution in [1.29, 1.82) is 0 Å². The number of carbonyl (C=O) groups excluding carboxylic acids is 4. The number of aromatic nitrogens is 1. The Morgan fingerprint density at radius 2 is 1.76 bits per heavy atom. The van der Waals surface area contributed by atoms with Crippen LogP contribution in [0.25, 0.3) is 0 Å². The molecule has 0 bridgehead atoms. The van der Waals surface area contributed by atoms with E-state index in [9.17, 15) is 19.2 Å². The number of anilines is 1. The van der Waals surface area contributed by atoms with E-state index in [2.05, 4.69) is 21.3 Å². The molecule has 10 heteroatoms. The fraction of sp³-hybridized carbons (Fsp3) is 0.344. The molecule has 2 fully saturated rings. The molecule has 2 aromatic carbocycles. The summed E-state index contributed by atoms with van der Waals surface area (Å²) in [6.45, 7) is 3.12. The number of carbonyl (C=O) groups is 4. The van der Waals surface area contributed by atoms with E-state index in [4.69, 9.17) is 4.74 Å². The van der Waals surface area contributed by atoms with Gasteiger partial charge in [-0.25, -0.2) is 4.98 Å². The number of ether oxygens (including phenoxy) is 1. The van der Waals surface area contributed by atoms with Gasteiger partial charge in [-0.1, -0.05) is 24.3 Å². The van der Waals surface area contributed by atoms with Crippen LogP contribution in [-0.2, 0) is 22.7 Å². The maximum Gasteiger partial charge on any atom is 0.265 e. The van der Waals surface area contributed by atoms with Crippen molar-refractivity contribution >= 4 is 29.4 Å². The molecule has 2 saturated heterocycles. The Hall–Kier alpha value is -4.57. The summed E-state index contributed by atoms with van der Waals surface area (Å²) >= 11 is 0. The number of amides is 4. The fourth-order valence-electron chi connectivity index (χ4n) is 6.52. The van der Waals surface area contributed by atoms with Crippen molar-refractivity contribution in [2.45, 2.75) is 50.7 Å². The molecule has 4 aliphatic rings. The van der Waals surface area contributed by atoms with Crippen molar-refractivity contribution < 1.29 is 23.9 Å². The van der Waals surface area contributed by atoms with Crippen molar-refractivity contribution in [3.8, 4) is 5.75 Å². The minimum Gasteiger partial charge on any atom is -0.472 e. The Morgan fingerprint density at radius 3 is 2.55 bits per heavy atom. The molecule has 7 rings (SSSR count). The van der Waals surface area contributed by atoms with Crippen molar-refractivity contribution in [3.05, 3.63) is 88.6 Å². The minimum absolute atomic E-state index is 0.109. The van der Waals surface area contributed by atoms with Crippen LogP contribution < -0.4 is 15.0 Å². The van der Waals surface area contributed by atoms with Crippen molar-refractivity contribution in [1.82, 2.24) is 20.1 Å². The zero-order valence-electron chi connectivity index (χ0n) is 23.1. The number of hydrogen-bond acceptors (Lipinski definition) is 7. The lowest BCUT2D eigenvalue weighted by molar-refractivity contribution is -0.136. The van der Waals surface area contributed by atoms with Crippen LogP contribution in [0.2, 0.25) is 0 Å². The van der Waals surface area contributed by atoms with Crippen LogP contribution in [0, 0.1) is 0 Å². The molecule has 5 heterocycles. The summed E-state index contributed by atoms with van der Waals surface area (Å²) in [6, 6.07) is 16.8. The van der Waals surface area contributed by atoms with E-state index in [-0.39, 0.29) is 36.8 Å². The maximum absolute atomic E-state index is 13.2. The van der Waals surface area contributed by atoms with Gasteiger partial charge in [0, 0.05) is 31.3 Å². The Kier molecular flexibility index (Phi) is 6.70. The maximum atomic E-state index is 13.2. The molecule has 42 heavy (non-hydrogen) atoms. The molecular formula is C32H31N5O5. The lowest BCUT2D eigenvalue weighted by Gasteiger charge is -2.33. The lowest BCUT2D eigenvalue weighted by Crippen LogP contribution is -2.52. The first-order valence-corrected chi connectivity index (χ1v) is 14.4. The van der Waals surface area contributed by atoms with Crippen LogP contribution in [0.4, 0.5) is 5.82 Å². The average Bonchev–Trinajstić information content (AvgIpc) is 3.33. The molecule has 0 saturated carbocycles. The largest absolute Gasteiger partial charge is 0.472 e. The highest BCUT2D eigenvalue weighted by Gasteiger charge is 2.39. The fourth-order valence-corrected chi connectivity index (χ4v) is 6.52. The number of imide groups is 1. The third-order valence-corrected chi connectivity index (χ3v) is 8.81. The van der Waals surface area contributed by atoms with Gasteiger partial charge in [0.05, 0.1) is 5.56 Å². The highest BCUT2D eigenvalue weighted by molar-refractivity contribution is 6.08. The van der Waals surface area contributed by atoms with Crippen LogP contribution in [0.1, 0.15) is 69.0 Å². The van der Waals surface area contributed by atoms with Crippen LogP contribution in [0.3, 0.4) is 0 Å². The minimum atomic E-state index is -0.599. The molecule has 1 atom stereocenters. The van der Waals surface area contributed by atoms with E-state index in [0.29, 0.717) is 41.6 Å². The molecule has 1 unspecified atom stereocenters. The third kappa shape index (κ3) is 4.81. The van der Waals surface area contributed by atoms with E-state index in [0.717, 1.165) is 43.6 Å². The molecule has 0 aliphatic carbocycles. The predicted octanol–water partition coefficient (Wildman–Crippen LogP) is 3.22. The van der Waals surface area contributed by atoms with Crippen LogP contribution in [0.5, 0.6) is 5.75 Å². The molecule has 214 valence electrons. The van der Waals surface area contributed by atoms with Gasteiger partial charge in [0.25, 0.3) is 11.8 Å². The second-order valence-electron chi connectivity index (χ2n) is 11.4. The molecule has 0 radical (unpaired) electrons. The zero-order valence-corrected chi connectivity index (χ0v) is 23.1. The first kappa shape index (κ1) is 26.3. The van der Waals surface area contributed by atoms with Gasteiger partial charge < -0.3 is 9.64 Å². The van der Waals surface area contributed by atoms with Gasteiger partial charge in [-0.15, -0.1) is 0 Å². The second kappa shape index (κ2) is 10.7. The first-order valence-electron chi connectivity index (χ1n) is 14.4. The molecule has 1 aromatic heterocycles. The number of fused-ring (bicyclic) bond motifs is 2. The monoisotopic (exact) mass is 565 g/mol. The van der Waals surface area contributed by atoms with E-state index in [1.165, 1.54) is 5.56 Å². The van der Waals surface area contributed by atoms with Gasteiger partial charge in [0.2, 0.25) is 11.8 Å². The number of hydrogen-bond donors (Lipinski definition) is 1. The Morgan fingerprint density at radius 1 is 0.905 bits per heavy atom. The number of nitrogens with one attached hydrogen (secondary N) is 1. The number of rotatable bonds is 5. The summed E-state index contributed by atoms with van der Waals surface area (Å²) in [5.74, 6) is 0.634. The number of pyridine rings is 1. The van der Waals surface area contributed by atoms with Crippen LogP contribution in [0.15, 0.2) is 60.8 Å². The van der Waals surface area contributed by atoms with E-state index >= 15 is 0 Å². The van der Waals surface area contributed by atoms with Crippen molar-refractivity contribution in [3.63, 3.8) is 0 Å². The summed E-state index contributed by atoms with van der Waals surface area (Å²) in [6.07, 6.45) is 4.26. The summed E-state index contributed by atoms with van der Waals surface area (Å²) in [5, 5.41) is 2.36. The standard InChI is InChI=1S/C32H31N5O5/c38-29-9-7-26(30(39)34-29)36-18-23-16-22(5-6-24(23)31(36)40)21-10-13-35(14-11-21)17-20-4-8-27-25(15-20)32(41)37(19-42-27)28-3-1-2-12-33-28/h1-6,8,12,15-16,21,26H,7,9-11,13-14,17-19H2,(H,34,38,39). The van der Waals surface area contributed by atoms with Gasteiger partial charge in [0.1, 0.15) is 17.6 Å². The second-order valence-corrected chi connectivity index (χ2v) is 11.4. The van der Waals surface area contributed by atoms with Gasteiger partial charge in [-0.2, -0.15) is 0 Å². The van der Waals surface area contributed by atoms with Crippen LogP contribution in [-0.4, -0.2) is 64.3 Å². The van der Waals surface area contributed by atoms with Gasteiger partial charge in [0.15, 0.2) is 6.73 Å². The number of likely N-dealkylation sites (tertiary alicyclic amines) is 1. The Bertz CT molecular complexity index is 1580. The highest BCUT2D eigenvalue weighted by Crippen LogP contribution is 2.34. The van der Waals surface area contributed by atoms with E-state index in [1.807, 2.05) is 42.5 Å². The molecule has 0 spiro atoms. The normalized spacial score (nSPS) is 21.2. The topological polar surface area (TPSA) is 112 Å². The summed E-state index contributed by atoms with van der Waals surface area (Å²) < 4.78 is 5.85. The van der Waals surface area contributed by atoms with Gasteiger partial charge in [-0.3, -0.25) is 34.3 Å². The van der Waals surface area contributed by atoms with Crippen molar-refractivity contribution in [2.24, 2.45) is 0 Å². The molecule has 10 nitrogen and oxygen atoms in total. The lowest BCUT2D eigenvalue weighted by atomic mass is 9.87. The predicted molar refractivity (Wildman–Crippen MR) is 153 cm³/mol. The molecule has 4 amide bonds. The van der Waals surface area contributed by atoms with Gasteiger partial charge >= 0.3 is 0 Å². The Labute approximate surface area is 243 Å². The van der Waals surface area contributed by atoms with Crippen LogP contribution >= 0.6 is 0 Å².